The summed E-state index contributed by atoms with van der Waals surface area (Å²) in [6, 6.07) is 17.8. The Morgan fingerprint density at radius 2 is 1.83 bits per heavy atom. The fraction of sp³-hybridized carbons (Fsp3) is 0.400. The van der Waals surface area contributed by atoms with Crippen molar-refractivity contribution in [3.05, 3.63) is 69.9 Å². The smallest absolute Gasteiger partial charge is 0.222 e. The van der Waals surface area contributed by atoms with Gasteiger partial charge in [0.05, 0.1) is 0 Å². The van der Waals surface area contributed by atoms with E-state index in [0.29, 0.717) is 18.4 Å². The van der Waals surface area contributed by atoms with Crippen molar-refractivity contribution in [3.63, 3.8) is 0 Å². The van der Waals surface area contributed by atoms with Crippen molar-refractivity contribution < 1.29 is 4.79 Å². The molecule has 0 aliphatic carbocycles. The molecule has 0 atom stereocenters. The first-order valence-electron chi connectivity index (χ1n) is 10.8. The molecule has 0 saturated carbocycles. The lowest BCUT2D eigenvalue weighted by molar-refractivity contribution is -0.132. The summed E-state index contributed by atoms with van der Waals surface area (Å²) in [4.78, 5) is 19.1. The largest absolute Gasteiger partial charge is 0.343 e. The van der Waals surface area contributed by atoms with Gasteiger partial charge in [0.15, 0.2) is 0 Å². The summed E-state index contributed by atoms with van der Waals surface area (Å²) >= 11 is 1.90. The van der Waals surface area contributed by atoms with E-state index >= 15 is 0 Å². The minimum Gasteiger partial charge on any atom is -0.343 e. The minimum atomic E-state index is 0.315. The number of carbonyl (C=O) groups excluding carboxylic acids is 1. The van der Waals surface area contributed by atoms with E-state index in [1.165, 1.54) is 34.9 Å². The molecule has 5 rings (SSSR count). The lowest BCUT2D eigenvalue weighted by Crippen LogP contribution is -2.47. The van der Waals surface area contributed by atoms with E-state index in [1.807, 2.05) is 11.3 Å². The average molecular weight is 405 g/mol. The van der Waals surface area contributed by atoms with E-state index in [0.717, 1.165) is 38.9 Å². The number of aryl methyl sites for hydroxylation is 1. The second-order valence-electron chi connectivity index (χ2n) is 8.34. The predicted octanol–water partition coefficient (Wildman–Crippen LogP) is 4.88. The molecule has 1 amide bonds. The van der Waals surface area contributed by atoms with Gasteiger partial charge in [-0.15, -0.1) is 11.3 Å². The van der Waals surface area contributed by atoms with Gasteiger partial charge >= 0.3 is 0 Å². The van der Waals surface area contributed by atoms with Crippen LogP contribution in [0, 0.1) is 0 Å². The Morgan fingerprint density at radius 1 is 1.00 bits per heavy atom. The number of fused-ring (bicyclic) bond motifs is 2. The van der Waals surface area contributed by atoms with E-state index < -0.39 is 0 Å². The second kappa shape index (κ2) is 8.29. The number of hydrogen-bond donors (Lipinski definition) is 0. The molecule has 3 heterocycles. The molecule has 1 fully saturated rings. The lowest BCUT2D eigenvalue weighted by atomic mass is 9.98. The molecule has 0 unspecified atom stereocenters. The van der Waals surface area contributed by atoms with Crippen LogP contribution >= 0.6 is 11.3 Å². The zero-order chi connectivity index (χ0) is 19.6. The minimum absolute atomic E-state index is 0.315. The summed E-state index contributed by atoms with van der Waals surface area (Å²) < 4.78 is 0. The van der Waals surface area contributed by atoms with Gasteiger partial charge in [0, 0.05) is 43.5 Å². The standard InChI is InChI=1S/C25H28N2OS/c28-25(9-8-20-6-3-5-19-4-1-2-7-23(19)20)26-14-10-22(11-15-26)27-16-12-24-21(18-27)13-17-29-24/h1-7,13,17,22H,8-12,14-16,18H2. The number of carbonyl (C=O) groups is 1. The number of rotatable bonds is 4. The molecule has 2 aromatic carbocycles. The topological polar surface area (TPSA) is 23.6 Å². The summed E-state index contributed by atoms with van der Waals surface area (Å²) in [5, 5.41) is 4.76. The summed E-state index contributed by atoms with van der Waals surface area (Å²) in [5.74, 6) is 0.315. The Kier molecular flexibility index (Phi) is 5.38. The first-order chi connectivity index (χ1) is 14.3. The highest BCUT2D eigenvalue weighted by Crippen LogP contribution is 2.28. The predicted molar refractivity (Wildman–Crippen MR) is 120 cm³/mol. The van der Waals surface area contributed by atoms with Gasteiger partial charge in [0.25, 0.3) is 0 Å². The van der Waals surface area contributed by atoms with Crippen LogP contribution in [0.5, 0.6) is 0 Å². The van der Waals surface area contributed by atoms with Gasteiger partial charge in [-0.2, -0.15) is 0 Å². The zero-order valence-electron chi connectivity index (χ0n) is 16.8. The van der Waals surface area contributed by atoms with E-state index in [1.54, 1.807) is 4.88 Å². The van der Waals surface area contributed by atoms with Crippen molar-refractivity contribution in [1.82, 2.24) is 9.80 Å². The van der Waals surface area contributed by atoms with Crippen LogP contribution in [-0.4, -0.2) is 41.4 Å². The first-order valence-corrected chi connectivity index (χ1v) is 11.7. The number of nitrogens with zero attached hydrogens (tertiary/aromatic N) is 2. The highest BCUT2D eigenvalue weighted by molar-refractivity contribution is 7.10. The molecule has 3 aromatic rings. The Hall–Kier alpha value is -2.17. The van der Waals surface area contributed by atoms with Gasteiger partial charge in [0.1, 0.15) is 0 Å². The third-order valence-corrected chi connectivity index (χ3v) is 7.68. The van der Waals surface area contributed by atoms with Gasteiger partial charge in [-0.1, -0.05) is 42.5 Å². The molecular weight excluding hydrogens is 376 g/mol. The maximum atomic E-state index is 12.8. The molecular formula is C25H28N2OS. The molecule has 1 aromatic heterocycles. The van der Waals surface area contributed by atoms with Crippen LogP contribution in [0.25, 0.3) is 10.8 Å². The molecule has 4 heteroatoms. The third kappa shape index (κ3) is 3.96. The van der Waals surface area contributed by atoms with Gasteiger partial charge in [-0.3, -0.25) is 9.69 Å². The lowest BCUT2D eigenvalue weighted by Gasteiger charge is -2.40. The molecule has 0 radical (unpaired) electrons. The van der Waals surface area contributed by atoms with Gasteiger partial charge < -0.3 is 4.90 Å². The number of benzene rings is 2. The maximum Gasteiger partial charge on any atom is 0.222 e. The summed E-state index contributed by atoms with van der Waals surface area (Å²) in [6.07, 6.45) is 4.85. The average Bonchev–Trinajstić information content (AvgIpc) is 3.25. The van der Waals surface area contributed by atoms with E-state index in [4.69, 9.17) is 0 Å². The van der Waals surface area contributed by atoms with Gasteiger partial charge in [0.2, 0.25) is 5.91 Å². The Labute approximate surface area is 176 Å². The monoisotopic (exact) mass is 404 g/mol. The van der Waals surface area contributed by atoms with Crippen molar-refractivity contribution >= 4 is 28.0 Å². The summed E-state index contributed by atoms with van der Waals surface area (Å²) in [7, 11) is 0. The highest BCUT2D eigenvalue weighted by atomic mass is 32.1. The van der Waals surface area contributed by atoms with Gasteiger partial charge in [-0.05, 0) is 59.0 Å². The Morgan fingerprint density at radius 3 is 2.72 bits per heavy atom. The van der Waals surface area contributed by atoms with Crippen LogP contribution in [0.15, 0.2) is 53.9 Å². The number of hydrogen-bond acceptors (Lipinski definition) is 3. The van der Waals surface area contributed by atoms with Crippen LogP contribution in [0.1, 0.15) is 35.3 Å². The van der Waals surface area contributed by atoms with Crippen molar-refractivity contribution in [2.24, 2.45) is 0 Å². The Bertz CT molecular complexity index is 997. The van der Waals surface area contributed by atoms with Crippen LogP contribution in [-0.2, 0) is 24.2 Å². The number of piperidine rings is 1. The molecule has 2 aliphatic rings. The molecule has 0 spiro atoms. The van der Waals surface area contributed by atoms with Crippen LogP contribution < -0.4 is 0 Å². The van der Waals surface area contributed by atoms with Crippen molar-refractivity contribution in [1.29, 1.82) is 0 Å². The quantitative estimate of drug-likeness (QED) is 0.618. The molecule has 0 bridgehead atoms. The highest BCUT2D eigenvalue weighted by Gasteiger charge is 2.29. The number of thiophene rings is 1. The number of amides is 1. The van der Waals surface area contributed by atoms with Crippen molar-refractivity contribution in [3.8, 4) is 0 Å². The first kappa shape index (κ1) is 18.8. The maximum absolute atomic E-state index is 12.8. The summed E-state index contributed by atoms with van der Waals surface area (Å²) in [6.45, 7) is 4.09. The molecule has 150 valence electrons. The Balaban J connectivity index is 1.15. The van der Waals surface area contributed by atoms with E-state index in [9.17, 15) is 4.79 Å². The molecule has 2 aliphatic heterocycles. The van der Waals surface area contributed by atoms with E-state index in [-0.39, 0.29) is 0 Å². The third-order valence-electron chi connectivity index (χ3n) is 6.66. The molecule has 29 heavy (non-hydrogen) atoms. The van der Waals surface area contributed by atoms with Crippen LogP contribution in [0.4, 0.5) is 0 Å². The molecule has 3 nitrogen and oxygen atoms in total. The SMILES string of the molecule is O=C(CCc1cccc2ccccc12)N1CCC(N2CCc3sccc3C2)CC1. The number of likely N-dealkylation sites (tertiary alicyclic amines) is 1. The van der Waals surface area contributed by atoms with Crippen molar-refractivity contribution in [2.75, 3.05) is 19.6 Å². The van der Waals surface area contributed by atoms with Gasteiger partial charge in [-0.25, -0.2) is 0 Å². The molecule has 0 N–H and O–H groups in total. The second-order valence-corrected chi connectivity index (χ2v) is 9.34. The normalized spacial score (nSPS) is 18.1. The fourth-order valence-corrected chi connectivity index (χ4v) is 5.86. The van der Waals surface area contributed by atoms with Crippen LogP contribution in [0.2, 0.25) is 0 Å². The molecule has 1 saturated heterocycles. The fourth-order valence-electron chi connectivity index (χ4n) is 4.97. The summed E-state index contributed by atoms with van der Waals surface area (Å²) in [5.41, 5.74) is 2.81. The van der Waals surface area contributed by atoms with Crippen molar-refractivity contribution in [2.45, 2.75) is 44.7 Å². The van der Waals surface area contributed by atoms with Crippen LogP contribution in [0.3, 0.4) is 0 Å². The van der Waals surface area contributed by atoms with E-state index in [2.05, 4.69) is 63.7 Å². The zero-order valence-corrected chi connectivity index (χ0v) is 17.7.